The third-order valence-electron chi connectivity index (χ3n) is 7.61. The Morgan fingerprint density at radius 1 is 0.591 bits per heavy atom. The molecule has 0 amide bonds. The molecule has 0 aromatic carbocycles. The summed E-state index contributed by atoms with van der Waals surface area (Å²) in [6.07, 6.45) is 20.3. The van der Waals surface area contributed by atoms with Crippen molar-refractivity contribution in [2.24, 2.45) is 0 Å². The number of carboxylic acids is 1. The highest BCUT2D eigenvalue weighted by molar-refractivity contribution is 5.71. The maximum atomic E-state index is 12.6. The Hall–Kier alpha value is -1.71. The molecular weight excluding hydrogens is 562 g/mol. The van der Waals surface area contributed by atoms with Gasteiger partial charge in [0.15, 0.2) is 6.10 Å². The van der Waals surface area contributed by atoms with Crippen LogP contribution in [0.4, 0.5) is 0 Å². The van der Waals surface area contributed by atoms with E-state index >= 15 is 0 Å². The van der Waals surface area contributed by atoms with Crippen molar-refractivity contribution in [2.45, 2.75) is 161 Å². The molecule has 0 fully saturated rings. The second-order valence-corrected chi connectivity index (χ2v) is 13.2. The number of carboxylic acid groups (broad SMARTS) is 1. The number of hydrogen-bond donors (Lipinski definition) is 1. The van der Waals surface area contributed by atoms with Crippen LogP contribution in [0.2, 0.25) is 0 Å². The van der Waals surface area contributed by atoms with E-state index in [4.69, 9.17) is 18.9 Å². The summed E-state index contributed by atoms with van der Waals surface area (Å²) in [5.74, 6) is -2.01. The average molecular weight is 631 g/mol. The first kappa shape index (κ1) is 42.3. The summed E-state index contributed by atoms with van der Waals surface area (Å²) in [7, 11) is 5.94. The maximum Gasteiger partial charge on any atom is 0.361 e. The van der Waals surface area contributed by atoms with E-state index in [0.717, 1.165) is 38.5 Å². The van der Waals surface area contributed by atoms with Gasteiger partial charge in [0.2, 0.25) is 0 Å². The van der Waals surface area contributed by atoms with Gasteiger partial charge >= 0.3 is 17.9 Å². The molecule has 260 valence electrons. The lowest BCUT2D eigenvalue weighted by atomic mass is 10.0. The Bertz CT molecular complexity index is 709. The largest absolute Gasteiger partial charge is 0.477 e. The third kappa shape index (κ3) is 29.0. The van der Waals surface area contributed by atoms with Crippen molar-refractivity contribution in [2.75, 3.05) is 47.5 Å². The lowest BCUT2D eigenvalue weighted by Gasteiger charge is -2.25. The highest BCUT2D eigenvalue weighted by Crippen LogP contribution is 2.14. The number of likely N-dealkylation sites (N-methyl/N-ethyl adjacent to an activating group) is 1. The minimum absolute atomic E-state index is 0.176. The first-order valence-electron chi connectivity index (χ1n) is 17.7. The molecule has 9 heteroatoms. The molecule has 44 heavy (non-hydrogen) atoms. The van der Waals surface area contributed by atoms with Crippen molar-refractivity contribution in [3.8, 4) is 0 Å². The fraction of sp³-hybridized carbons (Fsp3) is 0.914. The van der Waals surface area contributed by atoms with E-state index in [2.05, 4.69) is 13.8 Å². The van der Waals surface area contributed by atoms with Gasteiger partial charge in [0.05, 0.1) is 34.4 Å². The zero-order valence-electron chi connectivity index (χ0n) is 29.1. The highest BCUT2D eigenvalue weighted by atomic mass is 16.7. The van der Waals surface area contributed by atoms with E-state index < -0.39 is 24.3 Å². The number of esters is 2. The number of nitrogens with zero attached hydrogens (tertiary/aromatic N) is 1. The second kappa shape index (κ2) is 28.7. The monoisotopic (exact) mass is 630 g/mol. The van der Waals surface area contributed by atoms with Crippen molar-refractivity contribution >= 4 is 17.9 Å². The van der Waals surface area contributed by atoms with Gasteiger partial charge in [-0.3, -0.25) is 9.59 Å². The van der Waals surface area contributed by atoms with Gasteiger partial charge in [-0.05, 0) is 12.8 Å². The smallest absolute Gasteiger partial charge is 0.361 e. The molecule has 0 aliphatic heterocycles. The second-order valence-electron chi connectivity index (χ2n) is 13.2. The normalized spacial score (nSPS) is 13.0. The van der Waals surface area contributed by atoms with Gasteiger partial charge in [-0.15, -0.1) is 0 Å². The number of ether oxygens (including phenoxy) is 4. The molecule has 0 heterocycles. The quantitative estimate of drug-likeness (QED) is 0.0347. The predicted molar refractivity (Wildman–Crippen MR) is 175 cm³/mol. The number of rotatable bonds is 32. The van der Waals surface area contributed by atoms with E-state index in [1.54, 1.807) is 0 Å². The maximum absolute atomic E-state index is 12.6. The minimum Gasteiger partial charge on any atom is -0.477 e. The number of aliphatic carboxylic acids is 1. The van der Waals surface area contributed by atoms with Crippen LogP contribution >= 0.6 is 0 Å². The lowest BCUT2D eigenvalue weighted by Crippen LogP contribution is -2.40. The van der Waals surface area contributed by atoms with Gasteiger partial charge < -0.3 is 28.5 Å². The molecule has 0 rings (SSSR count). The fourth-order valence-corrected chi connectivity index (χ4v) is 4.77. The molecule has 0 aliphatic rings. The van der Waals surface area contributed by atoms with E-state index in [0.29, 0.717) is 17.4 Å². The van der Waals surface area contributed by atoms with Gasteiger partial charge in [-0.25, -0.2) is 4.79 Å². The van der Waals surface area contributed by atoms with Crippen LogP contribution in [0, 0.1) is 0 Å². The first-order chi connectivity index (χ1) is 21.1. The van der Waals surface area contributed by atoms with Crippen molar-refractivity contribution in [1.82, 2.24) is 0 Å². The molecule has 0 bridgehead atoms. The Morgan fingerprint density at radius 3 is 1.45 bits per heavy atom. The molecule has 0 aromatic rings. The summed E-state index contributed by atoms with van der Waals surface area (Å²) in [6.45, 7) is 4.80. The molecule has 2 unspecified atom stereocenters. The van der Waals surface area contributed by atoms with Crippen LogP contribution in [0.5, 0.6) is 0 Å². The molecule has 0 spiro atoms. The number of unbranched alkanes of at least 4 members (excludes halogenated alkanes) is 17. The molecule has 9 nitrogen and oxygen atoms in total. The molecule has 2 atom stereocenters. The van der Waals surface area contributed by atoms with E-state index in [1.165, 1.54) is 83.5 Å². The Labute approximate surface area is 269 Å². The summed E-state index contributed by atoms with van der Waals surface area (Å²) in [5, 5.41) is 9.53. The molecular formula is C35H68NO8+. The van der Waals surface area contributed by atoms with Crippen LogP contribution in [0.1, 0.15) is 149 Å². The fourth-order valence-electron chi connectivity index (χ4n) is 4.77. The lowest BCUT2D eigenvalue weighted by molar-refractivity contribution is -0.870. The molecule has 0 aliphatic carbocycles. The zero-order chi connectivity index (χ0) is 32.9. The molecule has 0 saturated heterocycles. The average Bonchev–Trinajstić information content (AvgIpc) is 2.96. The summed E-state index contributed by atoms with van der Waals surface area (Å²) >= 11 is 0. The van der Waals surface area contributed by atoms with Crippen LogP contribution in [0.3, 0.4) is 0 Å². The number of hydrogen-bond acceptors (Lipinski definition) is 7. The number of carbonyl (C=O) groups excluding carboxylic acids is 2. The number of carbonyl (C=O) groups is 3. The molecule has 1 N–H and O–H groups in total. The first-order valence-corrected chi connectivity index (χ1v) is 17.7. The van der Waals surface area contributed by atoms with E-state index in [9.17, 15) is 19.5 Å². The topological polar surface area (TPSA) is 108 Å². The van der Waals surface area contributed by atoms with Gasteiger partial charge in [0.1, 0.15) is 13.2 Å². The van der Waals surface area contributed by atoms with Crippen LogP contribution in [0.15, 0.2) is 0 Å². The van der Waals surface area contributed by atoms with Crippen LogP contribution in [-0.4, -0.2) is 87.4 Å². The molecule has 0 saturated carbocycles. The molecule has 0 aromatic heterocycles. The summed E-state index contributed by atoms with van der Waals surface area (Å²) in [4.78, 5) is 36.6. The van der Waals surface area contributed by atoms with E-state index in [1.807, 2.05) is 21.1 Å². The number of quaternary nitrogens is 1. The van der Waals surface area contributed by atoms with Crippen LogP contribution < -0.4 is 0 Å². The zero-order valence-corrected chi connectivity index (χ0v) is 29.1. The molecule has 0 radical (unpaired) electrons. The Balaban J connectivity index is 4.55. The minimum atomic E-state index is -1.50. The van der Waals surface area contributed by atoms with Gasteiger partial charge in [-0.2, -0.15) is 0 Å². The summed E-state index contributed by atoms with van der Waals surface area (Å²) in [6, 6.07) is 0. The summed E-state index contributed by atoms with van der Waals surface area (Å²) in [5.41, 5.74) is 0. The van der Waals surface area contributed by atoms with Crippen LogP contribution in [0.25, 0.3) is 0 Å². The van der Waals surface area contributed by atoms with Crippen molar-refractivity contribution in [3.05, 3.63) is 0 Å². The highest BCUT2D eigenvalue weighted by Gasteiger charge is 2.25. The predicted octanol–water partition coefficient (Wildman–Crippen LogP) is 7.82. The van der Waals surface area contributed by atoms with Crippen molar-refractivity contribution in [1.29, 1.82) is 0 Å². The van der Waals surface area contributed by atoms with Crippen LogP contribution in [-0.2, 0) is 33.3 Å². The summed E-state index contributed by atoms with van der Waals surface area (Å²) < 4.78 is 22.5. The van der Waals surface area contributed by atoms with Crippen molar-refractivity contribution < 1.29 is 42.9 Å². The Morgan fingerprint density at radius 2 is 1.02 bits per heavy atom. The third-order valence-corrected chi connectivity index (χ3v) is 7.61. The SMILES string of the molecule is CCCCCCCCCCCCCCC(=O)OC(COC(=O)CCCCCCCCC)COC(OCC[N+](C)(C)C)C(=O)O. The Kier molecular flexibility index (Phi) is 27.6. The van der Waals surface area contributed by atoms with Gasteiger partial charge in [0, 0.05) is 12.8 Å². The van der Waals surface area contributed by atoms with Gasteiger partial charge in [0.25, 0.3) is 6.29 Å². The van der Waals surface area contributed by atoms with Gasteiger partial charge in [-0.1, -0.05) is 123 Å². The standard InChI is InChI=1S/C35H67NO8/c1-6-8-10-12-14-15-16-17-18-20-22-24-26-33(38)44-31(29-42-32(37)25-23-21-19-13-11-9-7-2)30-43-35(34(39)40)41-28-27-36(3,4)5/h31,35H,6-30H2,1-5H3/p+1. The van der Waals surface area contributed by atoms with E-state index in [-0.39, 0.29) is 32.2 Å². The van der Waals surface area contributed by atoms with Crippen molar-refractivity contribution in [3.63, 3.8) is 0 Å².